The van der Waals surface area contributed by atoms with Crippen molar-refractivity contribution in [1.29, 1.82) is 0 Å². The molecule has 2 aromatic heterocycles. The number of aryl methyl sites for hydroxylation is 2. The fraction of sp³-hybridized carbons (Fsp3) is 0.421. The van der Waals surface area contributed by atoms with Crippen LogP contribution >= 0.6 is 23.4 Å². The second-order valence-electron chi connectivity index (χ2n) is 6.99. The summed E-state index contributed by atoms with van der Waals surface area (Å²) in [6.45, 7) is 4.96. The van der Waals surface area contributed by atoms with Gasteiger partial charge >= 0.3 is 5.69 Å². The summed E-state index contributed by atoms with van der Waals surface area (Å²) in [6.07, 6.45) is 0.914. The molecule has 0 atom stereocenters. The lowest BCUT2D eigenvalue weighted by molar-refractivity contribution is 0.502. The Labute approximate surface area is 166 Å². The standard InChI is InChI=1S/C19H23ClN4O2S/c1-12(2)9-10-24-15-16(22(3)19(26)23(4)17(15)25)21-18(24)27-11-13-7-5-6-8-14(13)20/h5-8,12H,9-11H2,1-4H3. The van der Waals surface area contributed by atoms with Crippen molar-refractivity contribution in [1.82, 2.24) is 18.7 Å². The number of thioether (sulfide) groups is 1. The predicted molar refractivity (Wildman–Crippen MR) is 111 cm³/mol. The van der Waals surface area contributed by atoms with Crippen LogP contribution in [0.4, 0.5) is 0 Å². The van der Waals surface area contributed by atoms with Crippen molar-refractivity contribution in [2.24, 2.45) is 20.0 Å². The zero-order valence-electron chi connectivity index (χ0n) is 15.9. The molecule has 6 nitrogen and oxygen atoms in total. The number of nitrogens with zero attached hydrogens (tertiary/aromatic N) is 4. The molecule has 2 heterocycles. The van der Waals surface area contributed by atoms with Gasteiger partial charge in [-0.1, -0.05) is 55.4 Å². The maximum absolute atomic E-state index is 12.8. The minimum atomic E-state index is -0.372. The van der Waals surface area contributed by atoms with Gasteiger partial charge in [0, 0.05) is 31.4 Å². The van der Waals surface area contributed by atoms with Gasteiger partial charge in [0.25, 0.3) is 5.56 Å². The summed E-state index contributed by atoms with van der Waals surface area (Å²) < 4.78 is 4.51. The Morgan fingerprint density at radius 3 is 2.52 bits per heavy atom. The monoisotopic (exact) mass is 406 g/mol. The highest BCUT2D eigenvalue weighted by molar-refractivity contribution is 7.98. The molecule has 0 saturated carbocycles. The van der Waals surface area contributed by atoms with E-state index in [0.29, 0.717) is 34.4 Å². The van der Waals surface area contributed by atoms with Gasteiger partial charge in [-0.2, -0.15) is 0 Å². The molecule has 0 fully saturated rings. The van der Waals surface area contributed by atoms with Gasteiger partial charge in [-0.3, -0.25) is 13.9 Å². The molecule has 0 radical (unpaired) electrons. The molecule has 0 spiro atoms. The maximum Gasteiger partial charge on any atom is 0.332 e. The molecule has 1 aromatic carbocycles. The Balaban J connectivity index is 2.10. The van der Waals surface area contributed by atoms with Crippen LogP contribution < -0.4 is 11.2 Å². The van der Waals surface area contributed by atoms with Gasteiger partial charge in [0.1, 0.15) is 0 Å². The first-order valence-electron chi connectivity index (χ1n) is 8.83. The van der Waals surface area contributed by atoms with E-state index in [1.807, 2.05) is 28.8 Å². The Morgan fingerprint density at radius 2 is 1.85 bits per heavy atom. The van der Waals surface area contributed by atoms with Crippen LogP contribution in [0.3, 0.4) is 0 Å². The molecule has 0 unspecified atom stereocenters. The molecular weight excluding hydrogens is 384 g/mol. The molecule has 0 saturated heterocycles. The second kappa shape index (κ2) is 7.94. The molecule has 0 aliphatic rings. The zero-order chi connectivity index (χ0) is 19.7. The van der Waals surface area contributed by atoms with Crippen LogP contribution in [0.25, 0.3) is 11.2 Å². The summed E-state index contributed by atoms with van der Waals surface area (Å²) in [4.78, 5) is 29.7. The predicted octanol–water partition coefficient (Wildman–Crippen LogP) is 3.43. The van der Waals surface area contributed by atoms with E-state index < -0.39 is 0 Å². The van der Waals surface area contributed by atoms with Crippen LogP contribution in [0.1, 0.15) is 25.8 Å². The van der Waals surface area contributed by atoms with Gasteiger partial charge in [0.15, 0.2) is 16.3 Å². The van der Waals surface area contributed by atoms with Crippen LogP contribution in [0.2, 0.25) is 5.02 Å². The van der Waals surface area contributed by atoms with Crippen molar-refractivity contribution >= 4 is 34.5 Å². The number of hydrogen-bond acceptors (Lipinski definition) is 4. The molecule has 3 aromatic rings. The molecule has 144 valence electrons. The van der Waals surface area contributed by atoms with Gasteiger partial charge in [0.2, 0.25) is 0 Å². The topological polar surface area (TPSA) is 61.8 Å². The van der Waals surface area contributed by atoms with Crippen molar-refractivity contribution in [2.45, 2.75) is 37.7 Å². The van der Waals surface area contributed by atoms with Crippen LogP contribution in [0.5, 0.6) is 0 Å². The minimum absolute atomic E-state index is 0.311. The van der Waals surface area contributed by atoms with E-state index in [1.165, 1.54) is 23.4 Å². The van der Waals surface area contributed by atoms with Crippen molar-refractivity contribution in [3.05, 3.63) is 55.7 Å². The van der Waals surface area contributed by atoms with E-state index in [-0.39, 0.29) is 11.2 Å². The third-order valence-electron chi connectivity index (χ3n) is 4.56. The lowest BCUT2D eigenvalue weighted by Crippen LogP contribution is -2.37. The SMILES string of the molecule is CC(C)CCn1c(SCc2ccccc2Cl)nc2c1c(=O)n(C)c(=O)n2C. The summed E-state index contributed by atoms with van der Waals surface area (Å²) in [7, 11) is 3.15. The van der Waals surface area contributed by atoms with Crippen molar-refractivity contribution in [3.8, 4) is 0 Å². The van der Waals surface area contributed by atoms with Gasteiger partial charge in [-0.05, 0) is 24.0 Å². The van der Waals surface area contributed by atoms with E-state index >= 15 is 0 Å². The number of hydrogen-bond donors (Lipinski definition) is 0. The third-order valence-corrected chi connectivity index (χ3v) is 5.95. The second-order valence-corrected chi connectivity index (χ2v) is 8.34. The molecule has 3 rings (SSSR count). The first-order valence-corrected chi connectivity index (χ1v) is 10.2. The number of aromatic nitrogens is 4. The van der Waals surface area contributed by atoms with Crippen LogP contribution in [0, 0.1) is 5.92 Å². The Morgan fingerprint density at radius 1 is 1.15 bits per heavy atom. The van der Waals surface area contributed by atoms with Gasteiger partial charge < -0.3 is 4.57 Å². The lowest BCUT2D eigenvalue weighted by Gasteiger charge is -2.11. The summed E-state index contributed by atoms with van der Waals surface area (Å²) in [5.41, 5.74) is 1.22. The number of benzene rings is 1. The molecule has 0 aliphatic carbocycles. The average Bonchev–Trinajstić information content (AvgIpc) is 3.01. The maximum atomic E-state index is 12.8. The van der Waals surface area contributed by atoms with E-state index in [0.717, 1.165) is 21.7 Å². The fourth-order valence-electron chi connectivity index (χ4n) is 2.89. The van der Waals surface area contributed by atoms with Crippen molar-refractivity contribution < 1.29 is 0 Å². The largest absolute Gasteiger partial charge is 0.332 e. The highest BCUT2D eigenvalue weighted by atomic mass is 35.5. The van der Waals surface area contributed by atoms with Crippen LogP contribution in [0.15, 0.2) is 39.0 Å². The van der Waals surface area contributed by atoms with Gasteiger partial charge in [0.05, 0.1) is 0 Å². The highest BCUT2D eigenvalue weighted by Gasteiger charge is 2.19. The van der Waals surface area contributed by atoms with Crippen molar-refractivity contribution in [2.75, 3.05) is 0 Å². The van der Waals surface area contributed by atoms with Gasteiger partial charge in [-0.25, -0.2) is 9.78 Å². The summed E-state index contributed by atoms with van der Waals surface area (Å²) in [5.74, 6) is 1.12. The van der Waals surface area contributed by atoms with Crippen LogP contribution in [-0.4, -0.2) is 18.7 Å². The normalized spacial score (nSPS) is 11.6. The van der Waals surface area contributed by atoms with E-state index in [1.54, 1.807) is 7.05 Å². The molecule has 0 bridgehead atoms. The molecule has 0 amide bonds. The first kappa shape index (κ1) is 19.8. The van der Waals surface area contributed by atoms with Crippen molar-refractivity contribution in [3.63, 3.8) is 0 Å². The number of imidazole rings is 1. The molecular formula is C19H23ClN4O2S. The smallest absolute Gasteiger partial charge is 0.313 e. The number of halogens is 1. The van der Waals surface area contributed by atoms with E-state index in [4.69, 9.17) is 11.6 Å². The minimum Gasteiger partial charge on any atom is -0.313 e. The lowest BCUT2D eigenvalue weighted by atomic mass is 10.1. The summed E-state index contributed by atoms with van der Waals surface area (Å²) in [6, 6.07) is 7.68. The summed E-state index contributed by atoms with van der Waals surface area (Å²) in [5, 5.41) is 1.43. The highest BCUT2D eigenvalue weighted by Crippen LogP contribution is 2.28. The van der Waals surface area contributed by atoms with E-state index in [2.05, 4.69) is 18.8 Å². The fourth-order valence-corrected chi connectivity index (χ4v) is 4.20. The number of rotatable bonds is 6. The first-order chi connectivity index (χ1) is 12.8. The number of fused-ring (bicyclic) bond motifs is 1. The summed E-state index contributed by atoms with van der Waals surface area (Å²) >= 11 is 7.79. The average molecular weight is 407 g/mol. The Hall–Kier alpha value is -1.99. The Kier molecular flexibility index (Phi) is 5.81. The quantitative estimate of drug-likeness (QED) is 0.588. The molecule has 27 heavy (non-hydrogen) atoms. The van der Waals surface area contributed by atoms with Gasteiger partial charge in [-0.15, -0.1) is 0 Å². The molecule has 8 heteroatoms. The zero-order valence-corrected chi connectivity index (χ0v) is 17.5. The third kappa shape index (κ3) is 3.84. The van der Waals surface area contributed by atoms with E-state index in [9.17, 15) is 9.59 Å². The Bertz CT molecular complexity index is 1100. The van der Waals surface area contributed by atoms with Crippen LogP contribution in [-0.2, 0) is 26.4 Å². The molecule has 0 aliphatic heterocycles. The molecule has 0 N–H and O–H groups in total.